The highest BCUT2D eigenvalue weighted by atomic mass is 16.6. The molecule has 2 aromatic rings. The van der Waals surface area contributed by atoms with E-state index in [1.807, 2.05) is 0 Å². The third kappa shape index (κ3) is 5.38. The summed E-state index contributed by atoms with van der Waals surface area (Å²) in [5.41, 5.74) is -0.579. The number of nitrogens with zero attached hydrogens (tertiary/aromatic N) is 2. The third-order valence-corrected chi connectivity index (χ3v) is 3.88. The lowest BCUT2D eigenvalue weighted by molar-refractivity contribution is -0.394. The maximum Gasteiger partial charge on any atom is 0.316 e. The van der Waals surface area contributed by atoms with Gasteiger partial charge in [-0.3, -0.25) is 25.0 Å². The lowest BCUT2D eigenvalue weighted by atomic mass is 9.97. The van der Waals surface area contributed by atoms with Crippen LogP contribution in [0.1, 0.15) is 31.9 Å². The van der Waals surface area contributed by atoms with Crippen LogP contribution in [-0.2, 0) is 4.79 Å². The van der Waals surface area contributed by atoms with Crippen molar-refractivity contribution in [3.05, 3.63) is 67.8 Å². The van der Waals surface area contributed by atoms with Crippen molar-refractivity contribution in [1.29, 1.82) is 0 Å². The first-order valence-electron chi connectivity index (χ1n) is 8.54. The quantitative estimate of drug-likeness (QED) is 0.228. The first kappa shape index (κ1) is 21.5. The number of nitro benzene ring substituents is 2. The van der Waals surface area contributed by atoms with Crippen LogP contribution in [0, 0.1) is 25.6 Å². The molecule has 0 aliphatic rings. The third-order valence-electron chi connectivity index (χ3n) is 3.88. The fourth-order valence-corrected chi connectivity index (χ4v) is 2.26. The van der Waals surface area contributed by atoms with E-state index in [0.717, 1.165) is 6.07 Å². The van der Waals surface area contributed by atoms with Crippen molar-refractivity contribution in [1.82, 2.24) is 0 Å². The molecule has 2 aromatic carbocycles. The van der Waals surface area contributed by atoms with Gasteiger partial charge in [-0.05, 0) is 50.6 Å². The van der Waals surface area contributed by atoms with E-state index in [9.17, 15) is 25.0 Å². The van der Waals surface area contributed by atoms with Gasteiger partial charge in [0.25, 0.3) is 11.4 Å². The van der Waals surface area contributed by atoms with Crippen LogP contribution in [0.15, 0.2) is 36.4 Å². The van der Waals surface area contributed by atoms with Crippen molar-refractivity contribution in [3.8, 4) is 11.5 Å². The van der Waals surface area contributed by atoms with Crippen molar-refractivity contribution >= 4 is 29.5 Å². The molecule has 2 rings (SSSR count). The Labute approximate surface area is 166 Å². The normalized spacial score (nSPS) is 11.3. The second-order valence-electron chi connectivity index (χ2n) is 7.14. The fourth-order valence-electron chi connectivity index (χ4n) is 2.26. The zero-order valence-electron chi connectivity index (χ0n) is 16.4. The topological polar surface area (TPSA) is 122 Å². The molecule has 0 unspecified atom stereocenters. The number of methoxy groups -OCH3 is 1. The molecule has 0 radical (unpaired) electrons. The molecular formula is C20H20N2O7. The van der Waals surface area contributed by atoms with E-state index < -0.39 is 21.2 Å². The number of ether oxygens (including phenoxy) is 2. The average molecular weight is 400 g/mol. The van der Waals surface area contributed by atoms with E-state index in [4.69, 9.17) is 9.47 Å². The Morgan fingerprint density at radius 3 is 2.21 bits per heavy atom. The monoisotopic (exact) mass is 400 g/mol. The largest absolute Gasteiger partial charge is 0.493 e. The molecule has 0 fully saturated rings. The minimum atomic E-state index is -0.692. The number of carbonyl (C=O) groups excluding carboxylic acids is 1. The smallest absolute Gasteiger partial charge is 0.316 e. The average Bonchev–Trinajstić information content (AvgIpc) is 2.65. The van der Waals surface area contributed by atoms with Crippen LogP contribution in [-0.4, -0.2) is 22.9 Å². The van der Waals surface area contributed by atoms with Crippen molar-refractivity contribution in [3.63, 3.8) is 0 Å². The van der Waals surface area contributed by atoms with E-state index in [1.165, 1.54) is 25.3 Å². The van der Waals surface area contributed by atoms with E-state index in [-0.39, 0.29) is 22.7 Å². The minimum Gasteiger partial charge on any atom is -0.493 e. The van der Waals surface area contributed by atoms with Gasteiger partial charge in [-0.25, -0.2) is 0 Å². The molecule has 152 valence electrons. The van der Waals surface area contributed by atoms with Crippen LogP contribution in [0.5, 0.6) is 11.5 Å². The van der Waals surface area contributed by atoms with Gasteiger partial charge >= 0.3 is 5.97 Å². The molecule has 0 atom stereocenters. The highest BCUT2D eigenvalue weighted by Gasteiger charge is 2.25. The van der Waals surface area contributed by atoms with Crippen LogP contribution in [0.3, 0.4) is 0 Å². The molecule has 9 heteroatoms. The number of nitro groups is 2. The summed E-state index contributed by atoms with van der Waals surface area (Å²) in [5, 5.41) is 22.0. The Morgan fingerprint density at radius 2 is 1.66 bits per heavy atom. The van der Waals surface area contributed by atoms with Gasteiger partial charge in [0.2, 0.25) is 0 Å². The second-order valence-corrected chi connectivity index (χ2v) is 7.14. The van der Waals surface area contributed by atoms with Gasteiger partial charge in [0.05, 0.1) is 34.0 Å². The van der Waals surface area contributed by atoms with Crippen LogP contribution < -0.4 is 9.47 Å². The number of hydrogen-bond acceptors (Lipinski definition) is 7. The highest BCUT2D eigenvalue weighted by Crippen LogP contribution is 2.32. The Bertz CT molecular complexity index is 991. The molecule has 29 heavy (non-hydrogen) atoms. The first-order valence-corrected chi connectivity index (χ1v) is 8.54. The predicted molar refractivity (Wildman–Crippen MR) is 107 cm³/mol. The number of rotatable bonds is 6. The molecular weight excluding hydrogens is 380 g/mol. The standard InChI is InChI=1S/C20H20N2O7/c1-20(2,3)19(23)29-17-10-6-13(11-18(17)28-4)5-7-14-8-9-15(21(24)25)12-16(14)22(26)27/h5-12H,1-4H3/b7-5+. The molecule has 0 aliphatic carbocycles. The maximum atomic E-state index is 12.1. The van der Waals surface area contributed by atoms with Gasteiger partial charge in [0.1, 0.15) is 0 Å². The number of hydrogen-bond donors (Lipinski definition) is 0. The van der Waals surface area contributed by atoms with Gasteiger partial charge in [0, 0.05) is 6.07 Å². The van der Waals surface area contributed by atoms with Gasteiger partial charge < -0.3 is 9.47 Å². The zero-order valence-corrected chi connectivity index (χ0v) is 16.4. The Balaban J connectivity index is 2.33. The van der Waals surface area contributed by atoms with Crippen molar-refractivity contribution < 1.29 is 24.1 Å². The Kier molecular flexibility index (Phi) is 6.32. The summed E-state index contributed by atoms with van der Waals surface area (Å²) >= 11 is 0. The van der Waals surface area contributed by atoms with Gasteiger partial charge in [-0.15, -0.1) is 0 Å². The molecule has 0 bridgehead atoms. The number of benzene rings is 2. The number of carbonyl (C=O) groups is 1. The predicted octanol–water partition coefficient (Wildman–Crippen LogP) is 4.63. The molecule has 0 amide bonds. The lowest BCUT2D eigenvalue weighted by Crippen LogP contribution is -2.25. The fraction of sp³-hybridized carbons (Fsp3) is 0.250. The van der Waals surface area contributed by atoms with E-state index >= 15 is 0 Å². The van der Waals surface area contributed by atoms with E-state index in [1.54, 1.807) is 45.0 Å². The Hall–Kier alpha value is -3.75. The molecule has 0 saturated heterocycles. The van der Waals surface area contributed by atoms with Crippen molar-refractivity contribution in [2.24, 2.45) is 5.41 Å². The summed E-state index contributed by atoms with van der Waals surface area (Å²) in [6.45, 7) is 5.20. The van der Waals surface area contributed by atoms with Crippen molar-refractivity contribution in [2.75, 3.05) is 7.11 Å². The van der Waals surface area contributed by atoms with Crippen LogP contribution in [0.2, 0.25) is 0 Å². The molecule has 0 N–H and O–H groups in total. The Morgan fingerprint density at radius 1 is 0.966 bits per heavy atom. The van der Waals surface area contributed by atoms with Gasteiger partial charge in [-0.2, -0.15) is 0 Å². The second kappa shape index (κ2) is 8.51. The number of non-ortho nitro benzene ring substituents is 1. The van der Waals surface area contributed by atoms with Crippen LogP contribution in [0.25, 0.3) is 12.2 Å². The molecule has 0 saturated carbocycles. The summed E-state index contributed by atoms with van der Waals surface area (Å²) in [7, 11) is 1.43. The van der Waals surface area contributed by atoms with Gasteiger partial charge in [-0.1, -0.05) is 12.1 Å². The molecule has 0 aliphatic heterocycles. The molecule has 0 spiro atoms. The SMILES string of the molecule is COc1cc(/C=C/c2ccc([N+](=O)[O-])cc2[N+](=O)[O-])ccc1OC(=O)C(C)(C)C. The summed E-state index contributed by atoms with van der Waals surface area (Å²) in [6.07, 6.45) is 3.06. The van der Waals surface area contributed by atoms with Gasteiger partial charge in [0.15, 0.2) is 11.5 Å². The van der Waals surface area contributed by atoms with Crippen LogP contribution in [0.4, 0.5) is 11.4 Å². The summed E-state index contributed by atoms with van der Waals surface area (Å²) in [4.78, 5) is 32.7. The summed E-state index contributed by atoms with van der Waals surface area (Å²) < 4.78 is 10.6. The zero-order chi connectivity index (χ0) is 21.8. The lowest BCUT2D eigenvalue weighted by Gasteiger charge is -2.17. The summed E-state index contributed by atoms with van der Waals surface area (Å²) in [5.74, 6) is 0.162. The van der Waals surface area contributed by atoms with E-state index in [2.05, 4.69) is 0 Å². The molecule has 0 aromatic heterocycles. The maximum absolute atomic E-state index is 12.1. The van der Waals surface area contributed by atoms with Crippen LogP contribution >= 0.6 is 0 Å². The first-order chi connectivity index (χ1) is 13.5. The van der Waals surface area contributed by atoms with E-state index in [0.29, 0.717) is 11.3 Å². The minimum absolute atomic E-state index is 0.211. The highest BCUT2D eigenvalue weighted by molar-refractivity contribution is 5.79. The number of esters is 1. The molecule has 9 nitrogen and oxygen atoms in total. The summed E-state index contributed by atoms with van der Waals surface area (Å²) in [6, 6.07) is 8.24. The molecule has 0 heterocycles. The van der Waals surface area contributed by atoms with Crippen molar-refractivity contribution in [2.45, 2.75) is 20.8 Å².